The van der Waals surface area contributed by atoms with Gasteiger partial charge in [0.05, 0.1) is 19.7 Å². The van der Waals surface area contributed by atoms with Crippen molar-refractivity contribution in [1.82, 2.24) is 19.7 Å². The molecule has 6 heteroatoms. The molecule has 1 aromatic heterocycles. The van der Waals surface area contributed by atoms with E-state index in [4.69, 9.17) is 14.8 Å². The Hall–Kier alpha value is -2.31. The Kier molecular flexibility index (Phi) is 4.61. The first-order chi connectivity index (χ1) is 13.7. The van der Waals surface area contributed by atoms with Crippen LogP contribution in [0.4, 0.5) is 0 Å². The van der Waals surface area contributed by atoms with Crippen molar-refractivity contribution in [3.8, 4) is 17.1 Å². The average Bonchev–Trinajstić information content (AvgIpc) is 3.38. The minimum atomic E-state index is 0.323. The maximum Gasteiger partial charge on any atom is 0.181 e. The number of fused-ring (bicyclic) bond motifs is 2. The van der Waals surface area contributed by atoms with Gasteiger partial charge in [-0.25, -0.2) is 9.67 Å². The third-order valence-electron chi connectivity index (χ3n) is 5.79. The molecule has 0 radical (unpaired) electrons. The van der Waals surface area contributed by atoms with Crippen LogP contribution in [-0.4, -0.2) is 39.1 Å². The van der Waals surface area contributed by atoms with E-state index in [0.717, 1.165) is 55.6 Å². The summed E-state index contributed by atoms with van der Waals surface area (Å²) in [6.07, 6.45) is 3.11. The molecular weight excluding hydrogens is 368 g/mol. The van der Waals surface area contributed by atoms with Crippen molar-refractivity contribution >= 4 is 11.8 Å². The predicted octanol–water partition coefficient (Wildman–Crippen LogP) is 4.18. The summed E-state index contributed by atoms with van der Waals surface area (Å²) in [6.45, 7) is 5.73. The first kappa shape index (κ1) is 17.8. The minimum Gasteiger partial charge on any atom is -0.493 e. The normalized spacial score (nSPS) is 17.1. The topological polar surface area (TPSA) is 43.2 Å². The summed E-state index contributed by atoms with van der Waals surface area (Å²) < 4.78 is 7.82. The second-order valence-corrected chi connectivity index (χ2v) is 8.30. The molecule has 144 valence electrons. The predicted molar refractivity (Wildman–Crippen MR) is 112 cm³/mol. The molecule has 0 saturated carbocycles. The second-order valence-electron chi connectivity index (χ2n) is 7.42. The standard InChI is InChI=1S/C22H24N4OS/c1-15(18-4-3-16-9-12-27-20(16)13-18)25-10-11-26-21(14-25)23-22(24-26)17-5-7-19(28-2)8-6-17/h3-8,13,15H,9-12,14H2,1-2H3. The molecule has 0 aliphatic carbocycles. The monoisotopic (exact) mass is 392 g/mol. The molecule has 2 aliphatic heterocycles. The molecule has 0 spiro atoms. The van der Waals surface area contributed by atoms with Gasteiger partial charge in [0.2, 0.25) is 0 Å². The van der Waals surface area contributed by atoms with Crippen LogP contribution in [0.25, 0.3) is 11.4 Å². The van der Waals surface area contributed by atoms with E-state index in [9.17, 15) is 0 Å². The van der Waals surface area contributed by atoms with Gasteiger partial charge in [-0.3, -0.25) is 4.90 Å². The van der Waals surface area contributed by atoms with E-state index >= 15 is 0 Å². The fraction of sp³-hybridized carbons (Fsp3) is 0.364. The average molecular weight is 393 g/mol. The van der Waals surface area contributed by atoms with Crippen LogP contribution in [0.5, 0.6) is 5.75 Å². The molecule has 0 fully saturated rings. The Morgan fingerprint density at radius 2 is 1.96 bits per heavy atom. The number of thioether (sulfide) groups is 1. The molecule has 28 heavy (non-hydrogen) atoms. The van der Waals surface area contributed by atoms with Crippen molar-refractivity contribution < 1.29 is 4.74 Å². The van der Waals surface area contributed by atoms with Gasteiger partial charge in [-0.2, -0.15) is 5.10 Å². The highest BCUT2D eigenvalue weighted by Crippen LogP contribution is 2.32. The molecular formula is C22H24N4OS. The number of rotatable bonds is 4. The number of nitrogens with zero attached hydrogens (tertiary/aromatic N) is 4. The van der Waals surface area contributed by atoms with Gasteiger partial charge in [0.25, 0.3) is 0 Å². The Morgan fingerprint density at radius 3 is 2.79 bits per heavy atom. The number of ether oxygens (including phenoxy) is 1. The molecule has 2 aliphatic rings. The van der Waals surface area contributed by atoms with Crippen LogP contribution in [0.3, 0.4) is 0 Å². The van der Waals surface area contributed by atoms with Gasteiger partial charge >= 0.3 is 0 Å². The van der Waals surface area contributed by atoms with E-state index in [0.29, 0.717) is 6.04 Å². The smallest absolute Gasteiger partial charge is 0.181 e. The highest BCUT2D eigenvalue weighted by atomic mass is 32.2. The van der Waals surface area contributed by atoms with Gasteiger partial charge < -0.3 is 4.74 Å². The van der Waals surface area contributed by atoms with Crippen LogP contribution in [-0.2, 0) is 19.5 Å². The Morgan fingerprint density at radius 1 is 1.11 bits per heavy atom. The van der Waals surface area contributed by atoms with E-state index in [1.807, 2.05) is 0 Å². The van der Waals surface area contributed by atoms with Gasteiger partial charge in [0.1, 0.15) is 11.6 Å². The van der Waals surface area contributed by atoms with Crippen LogP contribution in [0.1, 0.15) is 29.9 Å². The van der Waals surface area contributed by atoms with Crippen LogP contribution in [0.2, 0.25) is 0 Å². The Bertz CT molecular complexity index is 998. The maximum atomic E-state index is 5.76. The summed E-state index contributed by atoms with van der Waals surface area (Å²) in [5, 5.41) is 4.74. The van der Waals surface area contributed by atoms with Crippen molar-refractivity contribution in [3.05, 3.63) is 59.4 Å². The number of hydrogen-bond acceptors (Lipinski definition) is 5. The molecule has 2 aromatic carbocycles. The fourth-order valence-electron chi connectivity index (χ4n) is 4.00. The highest BCUT2D eigenvalue weighted by Gasteiger charge is 2.25. The van der Waals surface area contributed by atoms with Crippen molar-refractivity contribution in [2.75, 3.05) is 19.4 Å². The molecule has 3 heterocycles. The number of aromatic nitrogens is 3. The largest absolute Gasteiger partial charge is 0.493 e. The molecule has 1 atom stereocenters. The van der Waals surface area contributed by atoms with Gasteiger partial charge in [-0.05, 0) is 42.5 Å². The van der Waals surface area contributed by atoms with Crippen molar-refractivity contribution in [1.29, 1.82) is 0 Å². The summed E-state index contributed by atoms with van der Waals surface area (Å²) in [5.41, 5.74) is 3.71. The molecule has 5 nitrogen and oxygen atoms in total. The molecule has 3 aromatic rings. The zero-order chi connectivity index (χ0) is 19.1. The quantitative estimate of drug-likeness (QED) is 0.623. The highest BCUT2D eigenvalue weighted by molar-refractivity contribution is 7.98. The summed E-state index contributed by atoms with van der Waals surface area (Å²) in [6, 6.07) is 15.5. The molecule has 1 unspecified atom stereocenters. The maximum absolute atomic E-state index is 5.76. The van der Waals surface area contributed by atoms with Crippen molar-refractivity contribution in [2.45, 2.75) is 37.4 Å². The third kappa shape index (κ3) is 3.20. The van der Waals surface area contributed by atoms with Gasteiger partial charge in [-0.1, -0.05) is 24.3 Å². The third-order valence-corrected chi connectivity index (χ3v) is 6.53. The molecule has 0 saturated heterocycles. The minimum absolute atomic E-state index is 0.323. The lowest BCUT2D eigenvalue weighted by Gasteiger charge is -2.32. The molecule has 0 amide bonds. The summed E-state index contributed by atoms with van der Waals surface area (Å²) in [5.74, 6) is 2.92. The van der Waals surface area contributed by atoms with Crippen LogP contribution >= 0.6 is 11.8 Å². The second kappa shape index (κ2) is 7.26. The number of benzene rings is 2. The van der Waals surface area contributed by atoms with Gasteiger partial charge in [-0.15, -0.1) is 11.8 Å². The van der Waals surface area contributed by atoms with Crippen LogP contribution in [0.15, 0.2) is 47.4 Å². The number of hydrogen-bond donors (Lipinski definition) is 0. The first-order valence-corrected chi connectivity index (χ1v) is 11.0. The molecule has 0 N–H and O–H groups in total. The van der Waals surface area contributed by atoms with E-state index in [1.165, 1.54) is 16.0 Å². The zero-order valence-electron chi connectivity index (χ0n) is 16.3. The lowest BCUT2D eigenvalue weighted by atomic mass is 10.0. The Labute approximate surface area is 169 Å². The van der Waals surface area contributed by atoms with E-state index in [1.54, 1.807) is 11.8 Å². The zero-order valence-corrected chi connectivity index (χ0v) is 17.1. The molecule has 5 rings (SSSR count). The van der Waals surface area contributed by atoms with Crippen molar-refractivity contribution in [3.63, 3.8) is 0 Å². The van der Waals surface area contributed by atoms with E-state index < -0.39 is 0 Å². The van der Waals surface area contributed by atoms with Gasteiger partial charge in [0.15, 0.2) is 5.82 Å². The first-order valence-electron chi connectivity index (χ1n) is 9.79. The fourth-order valence-corrected chi connectivity index (χ4v) is 4.41. The summed E-state index contributed by atoms with van der Waals surface area (Å²) in [4.78, 5) is 8.57. The lowest BCUT2D eigenvalue weighted by Crippen LogP contribution is -2.36. The van der Waals surface area contributed by atoms with Crippen LogP contribution in [0, 0.1) is 0 Å². The summed E-state index contributed by atoms with van der Waals surface area (Å²) in [7, 11) is 0. The van der Waals surface area contributed by atoms with Crippen molar-refractivity contribution in [2.24, 2.45) is 0 Å². The summed E-state index contributed by atoms with van der Waals surface area (Å²) >= 11 is 1.75. The van der Waals surface area contributed by atoms with E-state index in [2.05, 4.69) is 65.2 Å². The lowest BCUT2D eigenvalue weighted by molar-refractivity contribution is 0.158. The van der Waals surface area contributed by atoms with E-state index in [-0.39, 0.29) is 0 Å². The van der Waals surface area contributed by atoms with Gasteiger partial charge in [0, 0.05) is 29.5 Å². The Balaban J connectivity index is 1.35. The SMILES string of the molecule is CSc1ccc(-c2nc3n(n2)CCN(C(C)c2ccc4c(c2)OCC4)C3)cc1. The molecule has 0 bridgehead atoms. The van der Waals surface area contributed by atoms with Crippen LogP contribution < -0.4 is 4.74 Å².